The van der Waals surface area contributed by atoms with Crippen molar-refractivity contribution in [3.8, 4) is 5.75 Å². The minimum atomic E-state index is -0.378. The highest BCUT2D eigenvalue weighted by Gasteiger charge is 2.48. The van der Waals surface area contributed by atoms with Gasteiger partial charge < -0.3 is 15.0 Å². The molecular formula is C35H42N2O4. The second-order valence-corrected chi connectivity index (χ2v) is 13.4. The first kappa shape index (κ1) is 28.8. The first-order valence-electron chi connectivity index (χ1n) is 14.7. The molecule has 1 heterocycles. The summed E-state index contributed by atoms with van der Waals surface area (Å²) in [5.41, 5.74) is 7.28. The fourth-order valence-corrected chi connectivity index (χ4v) is 6.74. The molecule has 0 atom stereocenters. The van der Waals surface area contributed by atoms with Gasteiger partial charge in [0.15, 0.2) is 18.2 Å². The number of aryl methyl sites for hydroxylation is 1. The molecule has 2 aliphatic carbocycles. The zero-order valence-corrected chi connectivity index (χ0v) is 25.4. The van der Waals surface area contributed by atoms with Gasteiger partial charge >= 0.3 is 0 Å². The molecule has 2 aromatic rings. The summed E-state index contributed by atoms with van der Waals surface area (Å²) in [4.78, 5) is 42.4. The number of nitrogens with zero attached hydrogens (tertiary/aromatic N) is 1. The van der Waals surface area contributed by atoms with Crippen LogP contribution in [0.2, 0.25) is 0 Å². The van der Waals surface area contributed by atoms with Gasteiger partial charge in [0, 0.05) is 53.5 Å². The van der Waals surface area contributed by atoms with Crippen LogP contribution >= 0.6 is 0 Å². The zero-order valence-electron chi connectivity index (χ0n) is 25.4. The Morgan fingerprint density at radius 2 is 1.44 bits per heavy atom. The highest BCUT2D eigenvalue weighted by atomic mass is 16.5. The van der Waals surface area contributed by atoms with Crippen LogP contribution in [-0.4, -0.2) is 35.5 Å². The van der Waals surface area contributed by atoms with E-state index in [0.29, 0.717) is 18.6 Å². The number of rotatable bonds is 6. The Morgan fingerprint density at radius 1 is 0.878 bits per heavy atom. The molecule has 6 nitrogen and oxygen atoms in total. The standard InChI is InChI=1S/C35H42N2O4/c1-8-37-26-16-34(4,5)18-28(38)32(26)31(33-27(37)17-35(6,7)19-29(33)39)23-12-14-24(15-13-23)41-20-30(40)36-25-11-9-10-21(2)22(25)3/h9-15,31H,8,16-20H2,1-7H3,(H,36,40). The number of hydrogen-bond donors (Lipinski definition) is 1. The summed E-state index contributed by atoms with van der Waals surface area (Å²) in [7, 11) is 0. The van der Waals surface area contributed by atoms with Crippen molar-refractivity contribution in [2.24, 2.45) is 10.8 Å². The molecule has 0 unspecified atom stereocenters. The van der Waals surface area contributed by atoms with E-state index in [9.17, 15) is 14.4 Å². The van der Waals surface area contributed by atoms with Crippen LogP contribution < -0.4 is 10.1 Å². The summed E-state index contributed by atoms with van der Waals surface area (Å²) in [5.74, 6) is 0.216. The van der Waals surface area contributed by atoms with Gasteiger partial charge in [-0.3, -0.25) is 14.4 Å². The fraction of sp³-hybridized carbons (Fsp3) is 0.457. The van der Waals surface area contributed by atoms with E-state index < -0.39 is 0 Å². The summed E-state index contributed by atoms with van der Waals surface area (Å²) >= 11 is 0. The minimum absolute atomic E-state index is 0.118. The Bertz CT molecular complexity index is 1420. The van der Waals surface area contributed by atoms with Crippen molar-refractivity contribution < 1.29 is 19.1 Å². The largest absolute Gasteiger partial charge is 0.484 e. The third-order valence-electron chi connectivity index (χ3n) is 8.80. The monoisotopic (exact) mass is 554 g/mol. The van der Waals surface area contributed by atoms with E-state index in [1.807, 2.05) is 56.3 Å². The Morgan fingerprint density at radius 3 is 1.98 bits per heavy atom. The number of amides is 1. The van der Waals surface area contributed by atoms with Crippen molar-refractivity contribution in [3.05, 3.63) is 81.7 Å². The normalized spacial score (nSPS) is 20.1. The number of nitrogens with one attached hydrogen (secondary N) is 1. The lowest BCUT2D eigenvalue weighted by Gasteiger charge is -2.48. The Balaban J connectivity index is 1.44. The van der Waals surface area contributed by atoms with E-state index in [0.717, 1.165) is 64.3 Å². The van der Waals surface area contributed by atoms with Crippen molar-refractivity contribution in [2.75, 3.05) is 18.5 Å². The van der Waals surface area contributed by atoms with Crippen LogP contribution in [0.15, 0.2) is 65.0 Å². The molecule has 1 aliphatic heterocycles. The zero-order chi connectivity index (χ0) is 29.7. The number of hydrogen-bond acceptors (Lipinski definition) is 5. The molecule has 0 fully saturated rings. The average molecular weight is 555 g/mol. The summed E-state index contributed by atoms with van der Waals surface area (Å²) in [6.45, 7) is 15.3. The van der Waals surface area contributed by atoms with E-state index in [1.165, 1.54) is 0 Å². The Kier molecular flexibility index (Phi) is 7.47. The number of benzene rings is 2. The van der Waals surface area contributed by atoms with Gasteiger partial charge in [-0.05, 0) is 79.3 Å². The van der Waals surface area contributed by atoms with Crippen LogP contribution in [-0.2, 0) is 14.4 Å². The van der Waals surface area contributed by atoms with Gasteiger partial charge in [-0.25, -0.2) is 0 Å². The van der Waals surface area contributed by atoms with Gasteiger partial charge in [0.05, 0.1) is 0 Å². The third-order valence-corrected chi connectivity index (χ3v) is 8.80. The van der Waals surface area contributed by atoms with Crippen LogP contribution in [0.25, 0.3) is 0 Å². The minimum Gasteiger partial charge on any atom is -0.484 e. The Hall–Kier alpha value is -3.67. The van der Waals surface area contributed by atoms with Crippen LogP contribution in [0.4, 0.5) is 5.69 Å². The number of ketones is 2. The van der Waals surface area contributed by atoms with Crippen molar-refractivity contribution in [3.63, 3.8) is 0 Å². The molecule has 0 saturated heterocycles. The SMILES string of the molecule is CCN1C2=C(C(=O)CC(C)(C)C2)C(c2ccc(OCC(=O)Nc3cccc(C)c3C)cc2)C2=C1CC(C)(C)CC2=O. The molecular weight excluding hydrogens is 512 g/mol. The van der Waals surface area contributed by atoms with Crippen LogP contribution in [0, 0.1) is 24.7 Å². The molecule has 41 heavy (non-hydrogen) atoms. The predicted molar refractivity (Wildman–Crippen MR) is 162 cm³/mol. The summed E-state index contributed by atoms with van der Waals surface area (Å²) in [5, 5.41) is 2.92. The number of allylic oxidation sites excluding steroid dienone is 4. The number of ether oxygens (including phenoxy) is 1. The van der Waals surface area contributed by atoms with E-state index in [-0.39, 0.29) is 40.8 Å². The molecule has 0 aromatic heterocycles. The number of carbonyl (C=O) groups excluding carboxylic acids is 3. The second kappa shape index (κ2) is 10.6. The lowest BCUT2D eigenvalue weighted by Crippen LogP contribution is -2.44. The van der Waals surface area contributed by atoms with Crippen molar-refractivity contribution >= 4 is 23.2 Å². The smallest absolute Gasteiger partial charge is 0.262 e. The molecule has 216 valence electrons. The highest BCUT2D eigenvalue weighted by molar-refractivity contribution is 6.06. The molecule has 1 N–H and O–H groups in total. The van der Waals surface area contributed by atoms with Crippen LogP contribution in [0.1, 0.15) is 82.9 Å². The number of anilines is 1. The van der Waals surface area contributed by atoms with Gasteiger partial charge in [-0.15, -0.1) is 0 Å². The molecule has 1 amide bonds. The summed E-state index contributed by atoms with van der Waals surface area (Å²) < 4.78 is 5.82. The topological polar surface area (TPSA) is 75.7 Å². The Labute approximate surface area is 243 Å². The summed E-state index contributed by atoms with van der Waals surface area (Å²) in [6.07, 6.45) is 2.55. The molecule has 0 spiro atoms. The maximum absolute atomic E-state index is 13.7. The molecule has 5 rings (SSSR count). The number of carbonyl (C=O) groups is 3. The average Bonchev–Trinajstić information content (AvgIpc) is 2.88. The summed E-state index contributed by atoms with van der Waals surface area (Å²) in [6, 6.07) is 13.4. The van der Waals surface area contributed by atoms with Crippen LogP contribution in [0.5, 0.6) is 5.75 Å². The van der Waals surface area contributed by atoms with Crippen LogP contribution in [0.3, 0.4) is 0 Å². The number of Topliss-reactive ketones (excluding diaryl/α,β-unsaturated/α-hetero) is 2. The van der Waals surface area contributed by atoms with Gasteiger partial charge in [-0.2, -0.15) is 0 Å². The second-order valence-electron chi connectivity index (χ2n) is 13.4. The van der Waals surface area contributed by atoms with E-state index in [4.69, 9.17) is 4.74 Å². The van der Waals surface area contributed by atoms with Gasteiger partial charge in [0.1, 0.15) is 5.75 Å². The predicted octanol–water partition coefficient (Wildman–Crippen LogP) is 7.03. The van der Waals surface area contributed by atoms with Crippen molar-refractivity contribution in [1.82, 2.24) is 4.90 Å². The maximum Gasteiger partial charge on any atom is 0.262 e. The van der Waals surface area contributed by atoms with Gasteiger partial charge in [-0.1, -0.05) is 52.0 Å². The lowest BCUT2D eigenvalue weighted by molar-refractivity contribution is -0.120. The van der Waals surface area contributed by atoms with E-state index >= 15 is 0 Å². The van der Waals surface area contributed by atoms with Crippen molar-refractivity contribution in [2.45, 2.75) is 80.1 Å². The highest BCUT2D eigenvalue weighted by Crippen LogP contribution is 2.54. The fourth-order valence-electron chi connectivity index (χ4n) is 6.74. The first-order chi connectivity index (χ1) is 19.3. The first-order valence-corrected chi connectivity index (χ1v) is 14.7. The molecule has 3 aliphatic rings. The van der Waals surface area contributed by atoms with E-state index in [2.05, 4.69) is 44.8 Å². The molecule has 2 aromatic carbocycles. The third kappa shape index (κ3) is 5.61. The van der Waals surface area contributed by atoms with Gasteiger partial charge in [0.25, 0.3) is 5.91 Å². The van der Waals surface area contributed by atoms with Crippen molar-refractivity contribution in [1.29, 1.82) is 0 Å². The van der Waals surface area contributed by atoms with Gasteiger partial charge in [0.2, 0.25) is 0 Å². The molecule has 6 heteroatoms. The maximum atomic E-state index is 13.7. The molecule has 0 saturated carbocycles. The lowest BCUT2D eigenvalue weighted by atomic mass is 9.63. The molecule has 0 radical (unpaired) electrons. The van der Waals surface area contributed by atoms with E-state index in [1.54, 1.807) is 0 Å². The molecule has 0 bridgehead atoms. The quantitative estimate of drug-likeness (QED) is 0.415.